The minimum atomic E-state index is -0.734. The first-order valence-electron chi connectivity index (χ1n) is 7.62. The summed E-state index contributed by atoms with van der Waals surface area (Å²) in [6.07, 6.45) is 0.0534. The molecule has 3 aromatic rings. The standard InChI is InChI=1S/C16H15N5O4S/c1-9-8-26-14(17-9)6-12(22)19-20-13(23)7-25-16(24)15-10-4-2-3-5-11(10)18-21-15/h2-5,8H,6-7H2,1H3,(H,18,21)(H,19,22)(H,20,23). The molecule has 2 amide bonds. The van der Waals surface area contributed by atoms with Crippen LogP contribution in [0, 0.1) is 6.92 Å². The van der Waals surface area contributed by atoms with Crippen LogP contribution >= 0.6 is 11.3 Å². The van der Waals surface area contributed by atoms with Gasteiger partial charge in [-0.15, -0.1) is 11.3 Å². The Balaban J connectivity index is 1.45. The maximum absolute atomic E-state index is 12.0. The molecule has 0 fully saturated rings. The van der Waals surface area contributed by atoms with Gasteiger partial charge in [-0.25, -0.2) is 9.78 Å². The minimum absolute atomic E-state index is 0.0534. The van der Waals surface area contributed by atoms with E-state index in [9.17, 15) is 14.4 Å². The quantitative estimate of drug-likeness (QED) is 0.450. The van der Waals surface area contributed by atoms with Gasteiger partial charge < -0.3 is 4.74 Å². The molecular formula is C16H15N5O4S. The molecule has 3 rings (SSSR count). The zero-order valence-corrected chi connectivity index (χ0v) is 14.6. The molecule has 0 saturated heterocycles. The van der Waals surface area contributed by atoms with E-state index in [4.69, 9.17) is 4.74 Å². The molecule has 0 aliphatic rings. The van der Waals surface area contributed by atoms with E-state index in [0.29, 0.717) is 15.9 Å². The van der Waals surface area contributed by atoms with Gasteiger partial charge in [0.05, 0.1) is 11.9 Å². The van der Waals surface area contributed by atoms with Gasteiger partial charge in [0.1, 0.15) is 5.01 Å². The van der Waals surface area contributed by atoms with Gasteiger partial charge in [0.2, 0.25) is 5.91 Å². The third kappa shape index (κ3) is 4.22. The van der Waals surface area contributed by atoms with Crippen molar-refractivity contribution < 1.29 is 19.1 Å². The molecule has 0 aliphatic carbocycles. The van der Waals surface area contributed by atoms with E-state index in [-0.39, 0.29) is 12.1 Å². The fourth-order valence-electron chi connectivity index (χ4n) is 2.16. The molecule has 0 unspecified atom stereocenters. The lowest BCUT2D eigenvalue weighted by atomic mass is 10.2. The number of benzene rings is 1. The van der Waals surface area contributed by atoms with Crippen LogP contribution in [0.15, 0.2) is 29.6 Å². The Morgan fingerprint density at radius 3 is 2.73 bits per heavy atom. The molecule has 0 atom stereocenters. The molecule has 3 N–H and O–H groups in total. The number of hydrogen-bond donors (Lipinski definition) is 3. The minimum Gasteiger partial charge on any atom is -0.451 e. The van der Waals surface area contributed by atoms with E-state index in [1.165, 1.54) is 11.3 Å². The molecule has 26 heavy (non-hydrogen) atoms. The number of fused-ring (bicyclic) bond motifs is 1. The van der Waals surface area contributed by atoms with Crippen LogP contribution in [0.4, 0.5) is 0 Å². The van der Waals surface area contributed by atoms with E-state index in [0.717, 1.165) is 5.69 Å². The highest BCUT2D eigenvalue weighted by Gasteiger charge is 2.17. The number of carbonyl (C=O) groups is 3. The summed E-state index contributed by atoms with van der Waals surface area (Å²) in [5.41, 5.74) is 6.04. The first-order valence-corrected chi connectivity index (χ1v) is 8.50. The average molecular weight is 373 g/mol. The number of aromatic nitrogens is 3. The number of H-pyrrole nitrogens is 1. The molecule has 2 aromatic heterocycles. The van der Waals surface area contributed by atoms with Crippen molar-refractivity contribution in [2.75, 3.05) is 6.61 Å². The Morgan fingerprint density at radius 1 is 1.19 bits per heavy atom. The average Bonchev–Trinajstić information content (AvgIpc) is 3.24. The summed E-state index contributed by atoms with van der Waals surface area (Å²) in [6.45, 7) is 1.28. The van der Waals surface area contributed by atoms with Crippen molar-refractivity contribution in [1.29, 1.82) is 0 Å². The van der Waals surface area contributed by atoms with E-state index in [2.05, 4.69) is 26.0 Å². The van der Waals surface area contributed by atoms with Crippen molar-refractivity contribution in [1.82, 2.24) is 26.0 Å². The van der Waals surface area contributed by atoms with Gasteiger partial charge in [0.25, 0.3) is 5.91 Å². The van der Waals surface area contributed by atoms with Crippen molar-refractivity contribution in [2.24, 2.45) is 0 Å². The van der Waals surface area contributed by atoms with Crippen LogP contribution in [-0.4, -0.2) is 39.6 Å². The monoisotopic (exact) mass is 373 g/mol. The van der Waals surface area contributed by atoms with Gasteiger partial charge in [0.15, 0.2) is 12.3 Å². The van der Waals surface area contributed by atoms with Crippen LogP contribution in [0.5, 0.6) is 0 Å². The van der Waals surface area contributed by atoms with Crippen LogP contribution in [0.1, 0.15) is 21.2 Å². The summed E-state index contributed by atoms with van der Waals surface area (Å²) in [5, 5.41) is 9.68. The zero-order valence-electron chi connectivity index (χ0n) is 13.7. The topological polar surface area (TPSA) is 126 Å². The number of aryl methyl sites for hydroxylation is 1. The summed E-state index contributed by atoms with van der Waals surface area (Å²) in [4.78, 5) is 39.6. The van der Waals surface area contributed by atoms with Crippen molar-refractivity contribution in [2.45, 2.75) is 13.3 Å². The number of rotatable bonds is 5. The number of nitrogens with one attached hydrogen (secondary N) is 3. The molecule has 0 spiro atoms. The van der Waals surface area contributed by atoms with Gasteiger partial charge in [0, 0.05) is 16.5 Å². The lowest BCUT2D eigenvalue weighted by molar-refractivity contribution is -0.130. The second kappa shape index (κ2) is 7.74. The fraction of sp³-hybridized carbons (Fsp3) is 0.188. The van der Waals surface area contributed by atoms with E-state index in [1.54, 1.807) is 24.3 Å². The predicted octanol–water partition coefficient (Wildman–Crippen LogP) is 0.875. The predicted molar refractivity (Wildman–Crippen MR) is 93.2 cm³/mol. The molecule has 9 nitrogen and oxygen atoms in total. The molecule has 1 aromatic carbocycles. The van der Waals surface area contributed by atoms with Gasteiger partial charge in [-0.1, -0.05) is 18.2 Å². The zero-order chi connectivity index (χ0) is 18.5. The summed E-state index contributed by atoms with van der Waals surface area (Å²) in [7, 11) is 0. The van der Waals surface area contributed by atoms with Crippen LogP contribution in [0.2, 0.25) is 0 Å². The summed E-state index contributed by atoms with van der Waals surface area (Å²) < 4.78 is 4.92. The number of carbonyl (C=O) groups excluding carboxylic acids is 3. The molecule has 2 heterocycles. The fourth-order valence-corrected chi connectivity index (χ4v) is 2.93. The number of ether oxygens (including phenoxy) is 1. The smallest absolute Gasteiger partial charge is 0.359 e. The van der Waals surface area contributed by atoms with Gasteiger partial charge >= 0.3 is 5.97 Å². The first-order chi connectivity index (χ1) is 12.5. The molecule has 10 heteroatoms. The van der Waals surface area contributed by atoms with Gasteiger partial charge in [-0.2, -0.15) is 5.10 Å². The van der Waals surface area contributed by atoms with E-state index < -0.39 is 24.4 Å². The molecule has 0 bridgehead atoms. The Morgan fingerprint density at radius 2 is 1.96 bits per heavy atom. The highest BCUT2D eigenvalue weighted by molar-refractivity contribution is 7.09. The third-order valence-electron chi connectivity index (χ3n) is 3.32. The Labute approximate surface area is 151 Å². The van der Waals surface area contributed by atoms with E-state index in [1.807, 2.05) is 12.3 Å². The maximum Gasteiger partial charge on any atom is 0.359 e. The second-order valence-corrected chi connectivity index (χ2v) is 6.29. The summed E-state index contributed by atoms with van der Waals surface area (Å²) in [5.74, 6) is -1.82. The normalized spacial score (nSPS) is 10.5. The highest BCUT2D eigenvalue weighted by Crippen LogP contribution is 2.15. The van der Waals surface area contributed by atoms with Gasteiger partial charge in [-0.05, 0) is 13.0 Å². The molecule has 0 saturated carbocycles. The van der Waals surface area contributed by atoms with E-state index >= 15 is 0 Å². The number of para-hydroxylation sites is 1. The van der Waals surface area contributed by atoms with Crippen molar-refractivity contribution in [3.63, 3.8) is 0 Å². The second-order valence-electron chi connectivity index (χ2n) is 5.35. The highest BCUT2D eigenvalue weighted by atomic mass is 32.1. The summed E-state index contributed by atoms with van der Waals surface area (Å²) >= 11 is 1.36. The number of esters is 1. The number of nitrogens with zero attached hydrogens (tertiary/aromatic N) is 2. The van der Waals surface area contributed by atoms with Crippen molar-refractivity contribution >= 4 is 40.0 Å². The maximum atomic E-state index is 12.0. The number of hydrazine groups is 1. The lowest BCUT2D eigenvalue weighted by Crippen LogP contribution is -2.44. The van der Waals surface area contributed by atoms with Crippen LogP contribution < -0.4 is 10.9 Å². The Kier molecular flexibility index (Phi) is 5.23. The van der Waals surface area contributed by atoms with Gasteiger partial charge in [-0.3, -0.25) is 25.5 Å². The number of aromatic amines is 1. The number of amides is 2. The molecular weight excluding hydrogens is 358 g/mol. The summed E-state index contributed by atoms with van der Waals surface area (Å²) in [6, 6.07) is 7.06. The first kappa shape index (κ1) is 17.5. The Bertz CT molecular complexity index is 964. The van der Waals surface area contributed by atoms with Crippen LogP contribution in [0.25, 0.3) is 10.9 Å². The largest absolute Gasteiger partial charge is 0.451 e. The SMILES string of the molecule is Cc1csc(CC(=O)NNC(=O)COC(=O)c2n[nH]c3ccccc23)n1. The third-order valence-corrected chi connectivity index (χ3v) is 4.28. The molecule has 0 radical (unpaired) electrons. The number of hydrogen-bond acceptors (Lipinski definition) is 7. The lowest BCUT2D eigenvalue weighted by Gasteiger charge is -2.07. The number of thiazole rings is 1. The van der Waals surface area contributed by atoms with Crippen molar-refractivity contribution in [3.8, 4) is 0 Å². The molecule has 134 valence electrons. The van der Waals surface area contributed by atoms with Crippen LogP contribution in [0.3, 0.4) is 0 Å². The molecule has 0 aliphatic heterocycles. The van der Waals surface area contributed by atoms with Crippen molar-refractivity contribution in [3.05, 3.63) is 46.0 Å². The van der Waals surface area contributed by atoms with Crippen LogP contribution in [-0.2, 0) is 20.7 Å². The Hall–Kier alpha value is -3.27.